The molecule has 7 heteroatoms. The number of hydrogen-bond donors (Lipinski definition) is 2. The number of halogens is 1. The topological polar surface area (TPSA) is 68.0 Å². The molecule has 0 atom stereocenters. The van der Waals surface area contributed by atoms with Crippen LogP contribution in [0, 0.1) is 0 Å². The third-order valence-electron chi connectivity index (χ3n) is 2.48. The lowest BCUT2D eigenvalue weighted by atomic mass is 10.3. The summed E-state index contributed by atoms with van der Waals surface area (Å²) in [5.74, 6) is -0.107. The largest absolute Gasteiger partial charge is 0.317 e. The van der Waals surface area contributed by atoms with Crippen molar-refractivity contribution in [3.05, 3.63) is 11.4 Å². The van der Waals surface area contributed by atoms with Gasteiger partial charge in [0.1, 0.15) is 4.01 Å². The van der Waals surface area contributed by atoms with Crippen molar-refractivity contribution >= 4 is 55.6 Å². The molecule has 3 rings (SSSR count). The van der Waals surface area contributed by atoms with E-state index in [2.05, 4.69) is 10.3 Å². The Labute approximate surface area is 106 Å². The Balaban J connectivity index is 0.000000963. The summed E-state index contributed by atoms with van der Waals surface area (Å²) < 4.78 is 1.13. The number of nitrogens with zero attached hydrogens (tertiary/aromatic N) is 1. The summed E-state index contributed by atoms with van der Waals surface area (Å²) in [6.07, 6.45) is 1.55. The summed E-state index contributed by atoms with van der Waals surface area (Å²) in [5.41, 5.74) is 6.10. The molecule has 86 valence electrons. The van der Waals surface area contributed by atoms with Crippen molar-refractivity contribution in [2.24, 2.45) is 5.73 Å². The lowest BCUT2D eigenvalue weighted by Crippen LogP contribution is -2.37. The molecule has 16 heavy (non-hydrogen) atoms. The van der Waals surface area contributed by atoms with Crippen LogP contribution in [0.1, 0.15) is 12.8 Å². The normalized spacial score (nSPS) is 16.8. The second-order valence-corrected chi connectivity index (χ2v) is 5.90. The van der Waals surface area contributed by atoms with Crippen LogP contribution in [0.25, 0.3) is 9.53 Å². The van der Waals surface area contributed by atoms with Gasteiger partial charge in [-0.25, -0.2) is 4.98 Å². The number of carbonyl (C=O) groups is 1. The van der Waals surface area contributed by atoms with Crippen molar-refractivity contribution in [1.82, 2.24) is 4.98 Å². The fraction of sp³-hybridized carbons (Fsp3) is 0.333. The van der Waals surface area contributed by atoms with Gasteiger partial charge in [0.15, 0.2) is 5.13 Å². The number of anilines is 1. The van der Waals surface area contributed by atoms with Gasteiger partial charge in [0, 0.05) is 0 Å². The molecule has 3 N–H and O–H groups in total. The van der Waals surface area contributed by atoms with Crippen LogP contribution in [-0.4, -0.2) is 16.4 Å². The predicted octanol–water partition coefficient (Wildman–Crippen LogP) is 2.21. The van der Waals surface area contributed by atoms with Crippen LogP contribution < -0.4 is 11.1 Å². The van der Waals surface area contributed by atoms with E-state index in [0.29, 0.717) is 5.13 Å². The monoisotopic (exact) mass is 275 g/mol. The maximum atomic E-state index is 11.6. The summed E-state index contributed by atoms with van der Waals surface area (Å²) in [6.45, 7) is 0. The zero-order valence-corrected chi connectivity index (χ0v) is 10.7. The molecule has 0 saturated heterocycles. The zero-order chi connectivity index (χ0) is 10.5. The molecule has 2 heterocycles. The SMILES string of the molecule is Cl.NC1(C(=O)Nc2nc3ccsc3s2)CC1. The number of thiazole rings is 1. The molecule has 2 aromatic rings. The van der Waals surface area contributed by atoms with Crippen molar-refractivity contribution < 1.29 is 4.79 Å². The Bertz CT molecular complexity index is 503. The Morgan fingerprint density at radius 2 is 2.31 bits per heavy atom. The second kappa shape index (κ2) is 3.96. The molecule has 1 saturated carbocycles. The lowest BCUT2D eigenvalue weighted by Gasteiger charge is -2.06. The maximum absolute atomic E-state index is 11.6. The minimum Gasteiger partial charge on any atom is -0.317 e. The third-order valence-corrected chi connectivity index (χ3v) is 4.50. The van der Waals surface area contributed by atoms with Crippen molar-refractivity contribution in [2.75, 3.05) is 5.32 Å². The number of amides is 1. The highest BCUT2D eigenvalue weighted by atomic mass is 35.5. The van der Waals surface area contributed by atoms with E-state index in [0.717, 1.165) is 22.4 Å². The highest BCUT2D eigenvalue weighted by molar-refractivity contribution is 7.39. The van der Waals surface area contributed by atoms with Gasteiger partial charge < -0.3 is 11.1 Å². The van der Waals surface area contributed by atoms with Crippen molar-refractivity contribution in [2.45, 2.75) is 18.4 Å². The highest BCUT2D eigenvalue weighted by Crippen LogP contribution is 2.35. The van der Waals surface area contributed by atoms with Gasteiger partial charge in [-0.3, -0.25) is 4.79 Å². The first kappa shape index (κ1) is 11.8. The van der Waals surface area contributed by atoms with E-state index in [9.17, 15) is 4.79 Å². The van der Waals surface area contributed by atoms with E-state index in [-0.39, 0.29) is 18.3 Å². The van der Waals surface area contributed by atoms with Crippen LogP contribution in [-0.2, 0) is 4.79 Å². The van der Waals surface area contributed by atoms with Crippen LogP contribution in [0.4, 0.5) is 5.13 Å². The zero-order valence-electron chi connectivity index (χ0n) is 8.23. The minimum atomic E-state index is -0.626. The summed E-state index contributed by atoms with van der Waals surface area (Å²) in [7, 11) is 0. The lowest BCUT2D eigenvalue weighted by molar-refractivity contribution is -0.118. The van der Waals surface area contributed by atoms with Crippen LogP contribution in [0.5, 0.6) is 0 Å². The second-order valence-electron chi connectivity index (χ2n) is 3.72. The number of aromatic nitrogens is 1. The average Bonchev–Trinajstić information content (AvgIpc) is 2.64. The molecule has 0 aliphatic heterocycles. The fourth-order valence-corrected chi connectivity index (χ4v) is 3.14. The first-order valence-electron chi connectivity index (χ1n) is 4.62. The van der Waals surface area contributed by atoms with Gasteiger partial charge in [-0.1, -0.05) is 11.3 Å². The number of rotatable bonds is 2. The van der Waals surface area contributed by atoms with E-state index >= 15 is 0 Å². The molecule has 0 bridgehead atoms. The van der Waals surface area contributed by atoms with E-state index in [1.165, 1.54) is 11.3 Å². The number of nitrogens with one attached hydrogen (secondary N) is 1. The molecule has 1 aliphatic carbocycles. The number of carbonyl (C=O) groups excluding carboxylic acids is 1. The molecule has 1 aliphatic rings. The van der Waals surface area contributed by atoms with Gasteiger partial charge in [-0.05, 0) is 24.3 Å². The standard InChI is InChI=1S/C9H9N3OS2.ClH/c10-9(2-3-9)7(13)12-8-11-5-1-4-14-6(5)15-8;/h1,4H,2-3,10H2,(H,11,12,13);1H. The first-order chi connectivity index (χ1) is 7.17. The first-order valence-corrected chi connectivity index (χ1v) is 6.31. The van der Waals surface area contributed by atoms with Gasteiger partial charge >= 0.3 is 0 Å². The number of hydrogen-bond acceptors (Lipinski definition) is 5. The van der Waals surface area contributed by atoms with Crippen LogP contribution in [0.15, 0.2) is 11.4 Å². The minimum absolute atomic E-state index is 0. The average molecular weight is 276 g/mol. The van der Waals surface area contributed by atoms with Gasteiger partial charge in [0.2, 0.25) is 5.91 Å². The van der Waals surface area contributed by atoms with Gasteiger partial charge in [-0.15, -0.1) is 23.7 Å². The summed E-state index contributed by atoms with van der Waals surface area (Å²) in [4.78, 5) is 15.9. The summed E-state index contributed by atoms with van der Waals surface area (Å²) in [5, 5.41) is 5.41. The molecule has 0 radical (unpaired) electrons. The molecular formula is C9H10ClN3OS2. The van der Waals surface area contributed by atoms with E-state index in [1.807, 2.05) is 11.4 Å². The van der Waals surface area contributed by atoms with Gasteiger partial charge in [-0.2, -0.15) is 0 Å². The van der Waals surface area contributed by atoms with Crippen molar-refractivity contribution in [3.63, 3.8) is 0 Å². The maximum Gasteiger partial charge on any atom is 0.246 e. The number of fused-ring (bicyclic) bond motifs is 1. The quantitative estimate of drug-likeness (QED) is 0.883. The van der Waals surface area contributed by atoms with Crippen LogP contribution in [0.3, 0.4) is 0 Å². The summed E-state index contributed by atoms with van der Waals surface area (Å²) in [6, 6.07) is 1.95. The Kier molecular flexibility index (Phi) is 2.91. The molecule has 0 unspecified atom stereocenters. The number of nitrogens with two attached hydrogens (primary N) is 1. The Hall–Kier alpha value is -0.690. The fourth-order valence-electron chi connectivity index (χ4n) is 1.30. The number of thiophene rings is 1. The van der Waals surface area contributed by atoms with Crippen LogP contribution in [0.2, 0.25) is 0 Å². The van der Waals surface area contributed by atoms with Crippen molar-refractivity contribution in [1.29, 1.82) is 0 Å². The molecule has 0 aromatic carbocycles. The molecular weight excluding hydrogens is 266 g/mol. The Morgan fingerprint density at radius 1 is 1.56 bits per heavy atom. The van der Waals surface area contributed by atoms with Gasteiger partial charge in [0.05, 0.1) is 11.1 Å². The van der Waals surface area contributed by atoms with Crippen molar-refractivity contribution in [3.8, 4) is 0 Å². The predicted molar refractivity (Wildman–Crippen MR) is 69.5 cm³/mol. The molecule has 2 aromatic heterocycles. The van der Waals surface area contributed by atoms with Gasteiger partial charge in [0.25, 0.3) is 0 Å². The molecule has 4 nitrogen and oxygen atoms in total. The van der Waals surface area contributed by atoms with E-state index < -0.39 is 5.54 Å². The highest BCUT2D eigenvalue weighted by Gasteiger charge is 2.46. The van der Waals surface area contributed by atoms with E-state index in [4.69, 9.17) is 5.73 Å². The summed E-state index contributed by atoms with van der Waals surface area (Å²) >= 11 is 3.13. The molecule has 0 spiro atoms. The molecule has 1 fully saturated rings. The third kappa shape index (κ3) is 1.93. The smallest absolute Gasteiger partial charge is 0.246 e. The Morgan fingerprint density at radius 3 is 2.94 bits per heavy atom. The molecule has 1 amide bonds. The van der Waals surface area contributed by atoms with E-state index in [1.54, 1.807) is 11.3 Å². The van der Waals surface area contributed by atoms with Crippen LogP contribution >= 0.6 is 35.1 Å².